The van der Waals surface area contributed by atoms with E-state index in [1.54, 1.807) is 31.0 Å². The molecule has 1 aromatic heterocycles. The summed E-state index contributed by atoms with van der Waals surface area (Å²) in [4.78, 5) is 16.8. The highest BCUT2D eigenvalue weighted by molar-refractivity contribution is 7.99. The Morgan fingerprint density at radius 3 is 2.58 bits per heavy atom. The summed E-state index contributed by atoms with van der Waals surface area (Å²) in [6, 6.07) is 15.4. The molecule has 2 N–H and O–H groups in total. The van der Waals surface area contributed by atoms with E-state index in [0.29, 0.717) is 24.9 Å². The van der Waals surface area contributed by atoms with Crippen LogP contribution in [0.4, 0.5) is 11.6 Å². The van der Waals surface area contributed by atoms with E-state index >= 15 is 0 Å². The van der Waals surface area contributed by atoms with Gasteiger partial charge >= 0.3 is 0 Å². The number of nitrogens with zero attached hydrogens (tertiary/aromatic N) is 1. The summed E-state index contributed by atoms with van der Waals surface area (Å²) in [5, 5.41) is 0. The monoisotopic (exact) mass is 468 g/mol. The van der Waals surface area contributed by atoms with Gasteiger partial charge in [-0.05, 0) is 42.7 Å². The van der Waals surface area contributed by atoms with Crippen molar-refractivity contribution in [3.05, 3.63) is 69.9 Å². The number of benzene rings is 2. The quantitative estimate of drug-likeness (QED) is 0.421. The van der Waals surface area contributed by atoms with Gasteiger partial charge in [-0.25, -0.2) is 0 Å². The van der Waals surface area contributed by atoms with Gasteiger partial charge in [0.15, 0.2) is 11.3 Å². The number of fused-ring (bicyclic) bond motifs is 2. The number of nitrogen functional groups attached to an aromatic ring is 1. The van der Waals surface area contributed by atoms with Crippen molar-refractivity contribution in [2.45, 2.75) is 30.6 Å². The zero-order chi connectivity index (χ0) is 22.5. The molecule has 0 amide bonds. The number of ether oxygens (including phenoxy) is 2. The zero-order valence-corrected chi connectivity index (χ0v) is 19.2. The van der Waals surface area contributed by atoms with Crippen LogP contribution in [0, 0.1) is 0 Å². The van der Waals surface area contributed by atoms with Gasteiger partial charge < -0.3 is 24.5 Å². The van der Waals surface area contributed by atoms with Crippen LogP contribution in [0.25, 0.3) is 11.3 Å². The molecule has 6 nitrogen and oxygen atoms in total. The van der Waals surface area contributed by atoms with Crippen molar-refractivity contribution in [2.24, 2.45) is 0 Å². The maximum atomic E-state index is 12.4. The van der Waals surface area contributed by atoms with E-state index in [2.05, 4.69) is 21.8 Å². The fraction of sp³-hybridized carbons (Fsp3) is 0.346. The molecule has 176 valence electrons. The predicted octanol–water partition coefficient (Wildman–Crippen LogP) is 5.07. The lowest BCUT2D eigenvalue weighted by molar-refractivity contribution is 0.120. The predicted molar refractivity (Wildman–Crippen MR) is 136 cm³/mol. The molecule has 2 aliphatic heterocycles. The third-order valence-electron chi connectivity index (χ3n) is 5.40. The van der Waals surface area contributed by atoms with Crippen molar-refractivity contribution in [1.29, 1.82) is 0 Å². The standard InChI is InChI=1S/C22H20N2O3S.C3H8O.CH4/c23-16-4-5-20-15(11-16)10-14-2-1-3-18(22(14)28-20)19-12-17(25)13-21(27-19)24-6-8-26-9-7-24;1-3-4-2;/h1-5,11-13H,6-10,23H2;3H2,1-2H3;1H4. The van der Waals surface area contributed by atoms with E-state index in [1.165, 1.54) is 16.0 Å². The molecule has 0 radical (unpaired) electrons. The number of hydrogen-bond acceptors (Lipinski definition) is 7. The molecule has 7 heteroatoms. The lowest BCUT2D eigenvalue weighted by Crippen LogP contribution is -2.36. The second kappa shape index (κ2) is 11.4. The van der Waals surface area contributed by atoms with Crippen molar-refractivity contribution in [1.82, 2.24) is 0 Å². The molecule has 0 bridgehead atoms. The first-order valence-corrected chi connectivity index (χ1v) is 11.6. The van der Waals surface area contributed by atoms with E-state index < -0.39 is 0 Å². The number of methoxy groups -OCH3 is 1. The Kier molecular flexibility index (Phi) is 8.61. The molecule has 0 spiro atoms. The maximum Gasteiger partial charge on any atom is 0.200 e. The lowest BCUT2D eigenvalue weighted by atomic mass is 10.0. The Morgan fingerprint density at radius 2 is 1.85 bits per heavy atom. The number of morpholine rings is 1. The van der Waals surface area contributed by atoms with E-state index in [-0.39, 0.29) is 12.9 Å². The Hall–Kier alpha value is -2.74. The third-order valence-corrected chi connectivity index (χ3v) is 6.71. The highest BCUT2D eigenvalue weighted by Crippen LogP contribution is 2.45. The van der Waals surface area contributed by atoms with Crippen molar-refractivity contribution in [2.75, 3.05) is 50.7 Å². The molecule has 0 atom stereocenters. The molecule has 2 aliphatic rings. The molecular weight excluding hydrogens is 436 g/mol. The normalized spacial score (nSPS) is 14.3. The van der Waals surface area contributed by atoms with Crippen LogP contribution in [0.2, 0.25) is 0 Å². The molecular formula is C26H32N2O4S. The summed E-state index contributed by atoms with van der Waals surface area (Å²) >= 11 is 1.71. The van der Waals surface area contributed by atoms with E-state index in [1.807, 2.05) is 31.2 Å². The fourth-order valence-electron chi connectivity index (χ4n) is 3.73. The largest absolute Gasteiger partial charge is 0.440 e. The first-order valence-electron chi connectivity index (χ1n) is 10.7. The molecule has 1 saturated heterocycles. The average Bonchev–Trinajstić information content (AvgIpc) is 2.82. The summed E-state index contributed by atoms with van der Waals surface area (Å²) in [5.74, 6) is 1.22. The molecule has 0 unspecified atom stereocenters. The SMILES string of the molecule is C.CCOC.Nc1ccc2c(c1)Cc1cccc(-c3cc(=O)cc(N4CCOCC4)o3)c1S2. The first-order chi connectivity index (χ1) is 15.6. The molecule has 33 heavy (non-hydrogen) atoms. The molecule has 0 aliphatic carbocycles. The fourth-order valence-corrected chi connectivity index (χ4v) is 4.90. The molecule has 3 aromatic rings. The highest BCUT2D eigenvalue weighted by atomic mass is 32.2. The Labute approximate surface area is 199 Å². The average molecular weight is 469 g/mol. The van der Waals surface area contributed by atoms with Crippen molar-refractivity contribution >= 4 is 23.3 Å². The number of rotatable bonds is 3. The first kappa shape index (κ1) is 24.9. The Morgan fingerprint density at radius 1 is 1.09 bits per heavy atom. The van der Waals surface area contributed by atoms with Gasteiger partial charge in [-0.1, -0.05) is 37.4 Å². The molecule has 5 rings (SSSR count). The minimum Gasteiger partial charge on any atom is -0.440 e. The molecule has 2 aromatic carbocycles. The van der Waals surface area contributed by atoms with Crippen LogP contribution in [0.5, 0.6) is 0 Å². The highest BCUT2D eigenvalue weighted by Gasteiger charge is 2.22. The van der Waals surface area contributed by atoms with Gasteiger partial charge in [0.25, 0.3) is 0 Å². The van der Waals surface area contributed by atoms with E-state index in [4.69, 9.17) is 14.9 Å². The zero-order valence-electron chi connectivity index (χ0n) is 18.4. The number of hydrogen-bond donors (Lipinski definition) is 1. The van der Waals surface area contributed by atoms with Crippen molar-refractivity contribution in [3.8, 4) is 11.3 Å². The number of anilines is 2. The molecule has 3 heterocycles. The topological polar surface area (TPSA) is 77.9 Å². The summed E-state index contributed by atoms with van der Waals surface area (Å²) in [7, 11) is 1.68. The summed E-state index contributed by atoms with van der Waals surface area (Å²) in [6.07, 6.45) is 0.823. The van der Waals surface area contributed by atoms with Crippen molar-refractivity contribution < 1.29 is 13.9 Å². The molecule has 1 fully saturated rings. The van der Waals surface area contributed by atoms with Gasteiger partial charge in [0, 0.05) is 60.0 Å². The smallest absolute Gasteiger partial charge is 0.200 e. The van der Waals surface area contributed by atoms with Gasteiger partial charge in [-0.2, -0.15) is 0 Å². The minimum absolute atomic E-state index is 0. The van der Waals surface area contributed by atoms with Gasteiger partial charge in [-0.15, -0.1) is 0 Å². The lowest BCUT2D eigenvalue weighted by Gasteiger charge is -2.27. The van der Waals surface area contributed by atoms with Crippen LogP contribution < -0.4 is 16.1 Å². The second-order valence-electron chi connectivity index (χ2n) is 7.61. The van der Waals surface area contributed by atoms with Crippen LogP contribution in [-0.2, 0) is 15.9 Å². The number of nitrogens with two attached hydrogens (primary N) is 1. The van der Waals surface area contributed by atoms with Gasteiger partial charge in [0.1, 0.15) is 5.76 Å². The van der Waals surface area contributed by atoms with Crippen LogP contribution in [-0.4, -0.2) is 40.0 Å². The summed E-state index contributed by atoms with van der Waals surface area (Å²) in [5.41, 5.74) is 10.1. The Bertz CT molecular complexity index is 1140. The van der Waals surface area contributed by atoms with Crippen LogP contribution >= 0.6 is 11.8 Å². The Balaban J connectivity index is 0.000000569. The second-order valence-corrected chi connectivity index (χ2v) is 8.66. The van der Waals surface area contributed by atoms with Crippen LogP contribution in [0.1, 0.15) is 25.5 Å². The van der Waals surface area contributed by atoms with Crippen molar-refractivity contribution in [3.63, 3.8) is 0 Å². The van der Waals surface area contributed by atoms with Crippen LogP contribution in [0.15, 0.2) is 67.5 Å². The summed E-state index contributed by atoms with van der Waals surface area (Å²) < 4.78 is 16.1. The van der Waals surface area contributed by atoms with Gasteiger partial charge in [-0.3, -0.25) is 4.79 Å². The third kappa shape index (κ3) is 5.79. The van der Waals surface area contributed by atoms with Gasteiger partial charge in [0.05, 0.1) is 13.2 Å². The summed E-state index contributed by atoms with van der Waals surface area (Å²) in [6.45, 7) is 5.51. The maximum absolute atomic E-state index is 12.4. The van der Waals surface area contributed by atoms with E-state index in [9.17, 15) is 4.79 Å². The van der Waals surface area contributed by atoms with Crippen LogP contribution in [0.3, 0.4) is 0 Å². The van der Waals surface area contributed by atoms with E-state index in [0.717, 1.165) is 42.3 Å². The van der Waals surface area contributed by atoms with Gasteiger partial charge in [0.2, 0.25) is 0 Å². The molecule has 0 saturated carbocycles. The minimum atomic E-state index is -0.0469.